The summed E-state index contributed by atoms with van der Waals surface area (Å²) in [4.78, 5) is 0. The Bertz CT molecular complexity index is 867. The molecule has 3 atom stereocenters. The highest BCUT2D eigenvalue weighted by molar-refractivity contribution is 9.11. The molecule has 30 heavy (non-hydrogen) atoms. The minimum absolute atomic E-state index is 0.0474. The summed E-state index contributed by atoms with van der Waals surface area (Å²) < 4.78 is 57.6. The molecule has 0 unspecified atom stereocenters. The molecule has 0 aliphatic carbocycles. The Hall–Kier alpha value is -1.54. The molecule has 0 amide bonds. The molecule has 0 fully saturated rings. The van der Waals surface area contributed by atoms with Crippen LogP contribution in [0, 0.1) is 0 Å². The van der Waals surface area contributed by atoms with Crippen LogP contribution in [-0.2, 0) is 14.2 Å². The predicted molar refractivity (Wildman–Crippen MR) is 113 cm³/mol. The van der Waals surface area contributed by atoms with Gasteiger partial charge in [0, 0.05) is 37.5 Å². The van der Waals surface area contributed by atoms with Crippen molar-refractivity contribution in [2.24, 2.45) is 0 Å². The van der Waals surface area contributed by atoms with Crippen LogP contribution in [0.5, 0.6) is 0 Å². The largest absolute Gasteiger partial charge is 0.484 e. The van der Waals surface area contributed by atoms with E-state index in [4.69, 9.17) is 25.8 Å². The molecule has 0 aromatic heterocycles. The molecular formula is C22H21BrClF3O3. The number of benzene rings is 2. The monoisotopic (exact) mass is 504 g/mol. The highest BCUT2D eigenvalue weighted by atomic mass is 79.9. The number of rotatable bonds is 6. The third kappa shape index (κ3) is 5.02. The van der Waals surface area contributed by atoms with Crippen molar-refractivity contribution < 1.29 is 27.4 Å². The minimum atomic E-state index is -4.65. The van der Waals surface area contributed by atoms with Crippen LogP contribution in [0.1, 0.15) is 29.4 Å². The van der Waals surface area contributed by atoms with Crippen LogP contribution in [0.2, 0.25) is 5.02 Å². The zero-order valence-corrected chi connectivity index (χ0v) is 18.7. The highest BCUT2D eigenvalue weighted by Gasteiger charge is 2.49. The molecule has 0 radical (unpaired) electrons. The van der Waals surface area contributed by atoms with E-state index in [1.807, 2.05) is 30.3 Å². The van der Waals surface area contributed by atoms with Crippen LogP contribution >= 0.6 is 27.5 Å². The van der Waals surface area contributed by atoms with Crippen molar-refractivity contribution in [3.05, 3.63) is 81.0 Å². The Morgan fingerprint density at radius 1 is 1.00 bits per heavy atom. The minimum Gasteiger partial charge on any atom is -0.484 e. The number of halogens is 5. The molecule has 162 valence electrons. The lowest BCUT2D eigenvalue weighted by Gasteiger charge is -2.41. The molecule has 1 heterocycles. The van der Waals surface area contributed by atoms with Crippen molar-refractivity contribution in [2.45, 2.75) is 36.8 Å². The van der Waals surface area contributed by atoms with Gasteiger partial charge in [-0.2, -0.15) is 13.2 Å². The lowest BCUT2D eigenvalue weighted by Crippen LogP contribution is -2.39. The Labute approximate surface area is 186 Å². The maximum Gasteiger partial charge on any atom is 0.449 e. The Balaban J connectivity index is 2.18. The van der Waals surface area contributed by atoms with Gasteiger partial charge in [-0.05, 0) is 23.3 Å². The van der Waals surface area contributed by atoms with Crippen LogP contribution < -0.4 is 0 Å². The number of hydrogen-bond acceptors (Lipinski definition) is 3. The third-order valence-electron chi connectivity index (χ3n) is 5.14. The van der Waals surface area contributed by atoms with E-state index in [0.29, 0.717) is 10.6 Å². The smallest absolute Gasteiger partial charge is 0.449 e. The van der Waals surface area contributed by atoms with Gasteiger partial charge in [0.15, 0.2) is 6.29 Å². The SMILES string of the molecule is COC(C[C@H]1OC(C(F)(F)F)=C(Br)[C@@H](c2ccc(Cl)cc2)[C@@H]1c1ccccc1)OC. The summed E-state index contributed by atoms with van der Waals surface area (Å²) >= 11 is 9.23. The van der Waals surface area contributed by atoms with Crippen molar-refractivity contribution >= 4 is 27.5 Å². The fourth-order valence-electron chi connectivity index (χ4n) is 3.78. The van der Waals surface area contributed by atoms with Crippen molar-refractivity contribution in [2.75, 3.05) is 14.2 Å². The normalized spacial score (nSPS) is 22.3. The molecule has 0 bridgehead atoms. The van der Waals surface area contributed by atoms with Crippen molar-refractivity contribution in [1.82, 2.24) is 0 Å². The second-order valence-electron chi connectivity index (χ2n) is 6.93. The molecule has 1 aliphatic rings. The lowest BCUT2D eigenvalue weighted by atomic mass is 9.75. The second-order valence-corrected chi connectivity index (χ2v) is 8.22. The average molecular weight is 506 g/mol. The molecule has 2 aromatic rings. The molecule has 3 rings (SSSR count). The molecular weight excluding hydrogens is 485 g/mol. The maximum absolute atomic E-state index is 13.9. The lowest BCUT2D eigenvalue weighted by molar-refractivity contribution is -0.167. The quantitative estimate of drug-likeness (QED) is 0.405. The highest BCUT2D eigenvalue weighted by Crippen LogP contribution is 2.53. The second kappa shape index (κ2) is 9.73. The Kier molecular flexibility index (Phi) is 7.50. The summed E-state index contributed by atoms with van der Waals surface area (Å²) in [5, 5.41) is 0.508. The number of ether oxygens (including phenoxy) is 3. The molecule has 0 saturated carbocycles. The van der Waals surface area contributed by atoms with Crippen molar-refractivity contribution in [3.63, 3.8) is 0 Å². The summed E-state index contributed by atoms with van der Waals surface area (Å²) in [7, 11) is 2.89. The van der Waals surface area contributed by atoms with E-state index in [9.17, 15) is 13.2 Å². The first kappa shape index (κ1) is 23.1. The zero-order valence-electron chi connectivity index (χ0n) is 16.3. The van der Waals surface area contributed by atoms with Gasteiger partial charge in [0.25, 0.3) is 0 Å². The van der Waals surface area contributed by atoms with E-state index in [1.165, 1.54) is 14.2 Å². The van der Waals surface area contributed by atoms with Gasteiger partial charge in [0.05, 0.1) is 4.48 Å². The first-order valence-electron chi connectivity index (χ1n) is 9.25. The van der Waals surface area contributed by atoms with E-state index in [-0.39, 0.29) is 10.9 Å². The fraction of sp³-hybridized carbons (Fsp3) is 0.364. The Morgan fingerprint density at radius 2 is 1.60 bits per heavy atom. The first-order valence-corrected chi connectivity index (χ1v) is 10.4. The van der Waals surface area contributed by atoms with E-state index >= 15 is 0 Å². The van der Waals surface area contributed by atoms with Gasteiger partial charge in [-0.15, -0.1) is 0 Å². The van der Waals surface area contributed by atoms with Gasteiger partial charge in [0.1, 0.15) is 6.10 Å². The maximum atomic E-state index is 13.9. The zero-order chi connectivity index (χ0) is 21.9. The molecule has 2 aromatic carbocycles. The van der Waals surface area contributed by atoms with Gasteiger partial charge in [-0.25, -0.2) is 0 Å². The van der Waals surface area contributed by atoms with Gasteiger partial charge < -0.3 is 14.2 Å². The summed E-state index contributed by atoms with van der Waals surface area (Å²) in [6, 6.07) is 16.2. The van der Waals surface area contributed by atoms with Crippen molar-refractivity contribution in [3.8, 4) is 0 Å². The van der Waals surface area contributed by atoms with Gasteiger partial charge in [0.2, 0.25) is 5.76 Å². The summed E-state index contributed by atoms with van der Waals surface area (Å²) in [6.07, 6.45) is -6.08. The fourth-order valence-corrected chi connectivity index (χ4v) is 4.77. The van der Waals surface area contributed by atoms with E-state index in [0.717, 1.165) is 5.56 Å². The predicted octanol–water partition coefficient (Wildman–Crippen LogP) is 6.78. The van der Waals surface area contributed by atoms with Gasteiger partial charge >= 0.3 is 6.18 Å². The number of hydrogen-bond donors (Lipinski definition) is 0. The van der Waals surface area contributed by atoms with E-state index < -0.39 is 36.2 Å². The van der Waals surface area contributed by atoms with Gasteiger partial charge in [-0.1, -0.05) is 70.0 Å². The number of methoxy groups -OCH3 is 2. The summed E-state index contributed by atoms with van der Waals surface area (Å²) in [6.45, 7) is 0. The number of alkyl halides is 3. The molecule has 3 nitrogen and oxygen atoms in total. The Morgan fingerprint density at radius 3 is 2.13 bits per heavy atom. The molecule has 1 aliphatic heterocycles. The van der Waals surface area contributed by atoms with Crippen LogP contribution in [0.15, 0.2) is 64.8 Å². The van der Waals surface area contributed by atoms with Gasteiger partial charge in [-0.3, -0.25) is 0 Å². The topological polar surface area (TPSA) is 27.7 Å². The summed E-state index contributed by atoms with van der Waals surface area (Å²) in [5.74, 6) is -2.08. The van der Waals surface area contributed by atoms with Crippen molar-refractivity contribution in [1.29, 1.82) is 0 Å². The molecule has 0 spiro atoms. The van der Waals surface area contributed by atoms with Crippen LogP contribution in [0.3, 0.4) is 0 Å². The number of allylic oxidation sites excluding steroid dienone is 2. The standard InChI is InChI=1S/C22H21BrClF3O3/c1-28-17(29-2)12-16-18(13-6-4-3-5-7-13)19(14-8-10-15(24)11-9-14)20(23)21(30-16)22(25,26)27/h3-11,16-19H,12H2,1-2H3/t16-,18-,19+/m1/s1. The van der Waals surface area contributed by atoms with Crippen LogP contribution in [0.25, 0.3) is 0 Å². The summed E-state index contributed by atoms with van der Waals surface area (Å²) in [5.41, 5.74) is 1.55. The first-order chi connectivity index (χ1) is 14.3. The molecule has 0 N–H and O–H groups in total. The molecule has 0 saturated heterocycles. The van der Waals surface area contributed by atoms with Crippen LogP contribution in [-0.4, -0.2) is 32.8 Å². The molecule has 8 heteroatoms. The third-order valence-corrected chi connectivity index (χ3v) is 6.25. The van der Waals surface area contributed by atoms with E-state index in [2.05, 4.69) is 15.9 Å². The van der Waals surface area contributed by atoms with E-state index in [1.54, 1.807) is 24.3 Å². The average Bonchev–Trinajstić information content (AvgIpc) is 2.73. The van der Waals surface area contributed by atoms with Crippen LogP contribution in [0.4, 0.5) is 13.2 Å².